The van der Waals surface area contributed by atoms with Crippen molar-refractivity contribution in [2.24, 2.45) is 5.92 Å². The van der Waals surface area contributed by atoms with Gasteiger partial charge in [0.25, 0.3) is 0 Å². The Labute approximate surface area is 68.8 Å². The molecule has 62 valence electrons. The molecule has 2 unspecified atom stereocenters. The predicted octanol–water partition coefficient (Wildman–Crippen LogP) is 1.95. The molecule has 1 nitrogen and oxygen atoms in total. The smallest absolute Gasteiger partial charge is 0.0577 e. The second kappa shape index (κ2) is 4.41. The summed E-state index contributed by atoms with van der Waals surface area (Å²) in [7, 11) is 0. The molecular weight excluding hydrogens is 136 g/mol. The largest absolute Gasteiger partial charge is 0.393 e. The third-order valence-corrected chi connectivity index (χ3v) is 2.50. The fourth-order valence-corrected chi connectivity index (χ4v) is 1.75. The van der Waals surface area contributed by atoms with E-state index in [2.05, 4.69) is 5.92 Å². The minimum Gasteiger partial charge on any atom is -0.393 e. The van der Waals surface area contributed by atoms with Crippen LogP contribution in [0, 0.1) is 18.3 Å². The lowest BCUT2D eigenvalue weighted by atomic mass is 9.94. The SMILES string of the molecule is C#CCC1CCCCCC1O. The molecule has 0 aromatic carbocycles. The van der Waals surface area contributed by atoms with E-state index in [-0.39, 0.29) is 6.10 Å². The molecule has 1 N–H and O–H groups in total. The van der Waals surface area contributed by atoms with Crippen molar-refractivity contribution in [3.8, 4) is 12.3 Å². The molecule has 0 radical (unpaired) electrons. The van der Waals surface area contributed by atoms with Gasteiger partial charge < -0.3 is 5.11 Å². The molecule has 1 aliphatic carbocycles. The molecule has 0 amide bonds. The Hall–Kier alpha value is -0.480. The van der Waals surface area contributed by atoms with E-state index in [0.29, 0.717) is 5.92 Å². The third kappa shape index (κ3) is 2.55. The number of aliphatic hydroxyl groups is 1. The molecular formula is C10H16O. The molecule has 0 aromatic heterocycles. The van der Waals surface area contributed by atoms with Crippen LogP contribution in [0.25, 0.3) is 0 Å². The quantitative estimate of drug-likeness (QED) is 0.450. The van der Waals surface area contributed by atoms with Gasteiger partial charge in [-0.05, 0) is 18.8 Å². The van der Waals surface area contributed by atoms with Gasteiger partial charge >= 0.3 is 0 Å². The van der Waals surface area contributed by atoms with Crippen molar-refractivity contribution >= 4 is 0 Å². The average Bonchev–Trinajstić information content (AvgIpc) is 2.18. The maximum atomic E-state index is 9.58. The van der Waals surface area contributed by atoms with Crippen molar-refractivity contribution < 1.29 is 5.11 Å². The molecule has 1 fully saturated rings. The van der Waals surface area contributed by atoms with E-state index < -0.39 is 0 Å². The second-order valence-electron chi connectivity index (χ2n) is 3.37. The van der Waals surface area contributed by atoms with Gasteiger partial charge in [0.05, 0.1) is 6.10 Å². The van der Waals surface area contributed by atoms with Gasteiger partial charge in [-0.3, -0.25) is 0 Å². The minimum atomic E-state index is -0.131. The Morgan fingerprint density at radius 2 is 2.00 bits per heavy atom. The van der Waals surface area contributed by atoms with E-state index >= 15 is 0 Å². The van der Waals surface area contributed by atoms with Crippen LogP contribution in [0.15, 0.2) is 0 Å². The molecule has 0 heterocycles. The molecule has 0 spiro atoms. The zero-order valence-electron chi connectivity index (χ0n) is 6.92. The van der Waals surface area contributed by atoms with Crippen molar-refractivity contribution in [1.29, 1.82) is 0 Å². The summed E-state index contributed by atoms with van der Waals surface area (Å²) in [6, 6.07) is 0. The van der Waals surface area contributed by atoms with Crippen molar-refractivity contribution in [3.63, 3.8) is 0 Å². The van der Waals surface area contributed by atoms with E-state index in [9.17, 15) is 5.11 Å². The van der Waals surface area contributed by atoms with Gasteiger partial charge in [-0.1, -0.05) is 19.3 Å². The van der Waals surface area contributed by atoms with Crippen LogP contribution in [0.1, 0.15) is 38.5 Å². The fourth-order valence-electron chi connectivity index (χ4n) is 1.75. The van der Waals surface area contributed by atoms with Crippen molar-refractivity contribution in [1.82, 2.24) is 0 Å². The Bertz CT molecular complexity index is 145. The first-order chi connectivity index (χ1) is 5.34. The Kier molecular flexibility index (Phi) is 3.45. The van der Waals surface area contributed by atoms with E-state index in [1.165, 1.54) is 19.3 Å². The number of rotatable bonds is 1. The van der Waals surface area contributed by atoms with Crippen LogP contribution in [-0.4, -0.2) is 11.2 Å². The summed E-state index contributed by atoms with van der Waals surface area (Å²) in [5, 5.41) is 9.58. The lowest BCUT2D eigenvalue weighted by Gasteiger charge is -2.16. The fraction of sp³-hybridized carbons (Fsp3) is 0.800. The number of terminal acetylenes is 1. The lowest BCUT2D eigenvalue weighted by molar-refractivity contribution is 0.103. The molecule has 1 heteroatoms. The van der Waals surface area contributed by atoms with Gasteiger partial charge in [-0.15, -0.1) is 12.3 Å². The molecule has 0 aromatic rings. The summed E-state index contributed by atoms with van der Waals surface area (Å²) in [5.74, 6) is 3.01. The first-order valence-electron chi connectivity index (χ1n) is 4.46. The molecule has 1 saturated carbocycles. The highest BCUT2D eigenvalue weighted by atomic mass is 16.3. The lowest BCUT2D eigenvalue weighted by Crippen LogP contribution is -2.17. The predicted molar refractivity (Wildman–Crippen MR) is 46.0 cm³/mol. The summed E-state index contributed by atoms with van der Waals surface area (Å²) in [6.07, 6.45) is 11.6. The van der Waals surface area contributed by atoms with Crippen LogP contribution in [0.5, 0.6) is 0 Å². The molecule has 0 saturated heterocycles. The highest BCUT2D eigenvalue weighted by Crippen LogP contribution is 2.25. The van der Waals surface area contributed by atoms with Crippen LogP contribution in [0.3, 0.4) is 0 Å². The van der Waals surface area contributed by atoms with E-state index in [0.717, 1.165) is 19.3 Å². The maximum absolute atomic E-state index is 9.58. The summed E-state index contributed by atoms with van der Waals surface area (Å²) in [4.78, 5) is 0. The monoisotopic (exact) mass is 152 g/mol. The second-order valence-corrected chi connectivity index (χ2v) is 3.37. The van der Waals surface area contributed by atoms with Crippen LogP contribution in [-0.2, 0) is 0 Å². The topological polar surface area (TPSA) is 20.2 Å². The maximum Gasteiger partial charge on any atom is 0.0577 e. The number of aliphatic hydroxyl groups excluding tert-OH is 1. The standard InChI is InChI=1S/C10H16O/c1-2-6-9-7-4-3-5-8-10(9)11/h1,9-11H,3-8H2. The zero-order valence-corrected chi connectivity index (χ0v) is 6.92. The molecule has 1 aliphatic rings. The Balaban J connectivity index is 2.40. The van der Waals surface area contributed by atoms with E-state index in [4.69, 9.17) is 6.42 Å². The van der Waals surface area contributed by atoms with Crippen LogP contribution in [0.2, 0.25) is 0 Å². The number of hydrogen-bond acceptors (Lipinski definition) is 1. The first kappa shape index (κ1) is 8.62. The highest BCUT2D eigenvalue weighted by Gasteiger charge is 2.19. The van der Waals surface area contributed by atoms with Gasteiger partial charge in [-0.25, -0.2) is 0 Å². The van der Waals surface area contributed by atoms with Crippen molar-refractivity contribution in [2.75, 3.05) is 0 Å². The number of hydrogen-bond donors (Lipinski definition) is 1. The summed E-state index contributed by atoms with van der Waals surface area (Å²) in [6.45, 7) is 0. The highest BCUT2D eigenvalue weighted by molar-refractivity contribution is 4.89. The summed E-state index contributed by atoms with van der Waals surface area (Å²) >= 11 is 0. The Morgan fingerprint density at radius 1 is 1.27 bits per heavy atom. The van der Waals surface area contributed by atoms with Gasteiger partial charge in [0, 0.05) is 6.42 Å². The van der Waals surface area contributed by atoms with Gasteiger partial charge in [0.1, 0.15) is 0 Å². The van der Waals surface area contributed by atoms with Gasteiger partial charge in [-0.2, -0.15) is 0 Å². The molecule has 0 bridgehead atoms. The van der Waals surface area contributed by atoms with Crippen molar-refractivity contribution in [3.05, 3.63) is 0 Å². The molecule has 11 heavy (non-hydrogen) atoms. The van der Waals surface area contributed by atoms with Crippen molar-refractivity contribution in [2.45, 2.75) is 44.6 Å². The van der Waals surface area contributed by atoms with Crippen LogP contribution in [0.4, 0.5) is 0 Å². The minimum absolute atomic E-state index is 0.131. The third-order valence-electron chi connectivity index (χ3n) is 2.50. The molecule has 0 aliphatic heterocycles. The van der Waals surface area contributed by atoms with E-state index in [1.54, 1.807) is 0 Å². The van der Waals surface area contributed by atoms with Gasteiger partial charge in [0.2, 0.25) is 0 Å². The zero-order chi connectivity index (χ0) is 8.10. The van der Waals surface area contributed by atoms with Gasteiger partial charge in [0.15, 0.2) is 0 Å². The summed E-state index contributed by atoms with van der Waals surface area (Å²) in [5.41, 5.74) is 0. The van der Waals surface area contributed by atoms with E-state index in [1.807, 2.05) is 0 Å². The Morgan fingerprint density at radius 3 is 2.73 bits per heavy atom. The molecule has 2 atom stereocenters. The van der Waals surface area contributed by atoms with Crippen LogP contribution < -0.4 is 0 Å². The average molecular weight is 152 g/mol. The molecule has 1 rings (SSSR count). The normalized spacial score (nSPS) is 32.4. The first-order valence-corrected chi connectivity index (χ1v) is 4.46. The summed E-state index contributed by atoms with van der Waals surface area (Å²) < 4.78 is 0. The van der Waals surface area contributed by atoms with Crippen LogP contribution >= 0.6 is 0 Å².